The van der Waals surface area contributed by atoms with Gasteiger partial charge in [0.05, 0.1) is 18.5 Å². The maximum absolute atomic E-state index is 12.7. The van der Waals surface area contributed by atoms with Gasteiger partial charge in [0.2, 0.25) is 11.3 Å². The number of nitrogens with zero attached hydrogens (tertiary/aromatic N) is 3. The quantitative estimate of drug-likeness (QED) is 0.306. The third-order valence-corrected chi connectivity index (χ3v) is 7.36. The number of aromatic nitrogens is 2. The van der Waals surface area contributed by atoms with Gasteiger partial charge >= 0.3 is 0 Å². The molecule has 2 N–H and O–H groups in total. The zero-order valence-electron chi connectivity index (χ0n) is 22.3. The van der Waals surface area contributed by atoms with E-state index in [-0.39, 0.29) is 22.9 Å². The van der Waals surface area contributed by atoms with Gasteiger partial charge in [-0.1, -0.05) is 60.7 Å². The van der Waals surface area contributed by atoms with E-state index in [1.54, 1.807) is 12.1 Å². The molecule has 1 aliphatic heterocycles. The summed E-state index contributed by atoms with van der Waals surface area (Å²) in [7, 11) is 1.52. The summed E-state index contributed by atoms with van der Waals surface area (Å²) in [6, 6.07) is 25.0. The van der Waals surface area contributed by atoms with Crippen LogP contribution in [0.15, 0.2) is 83.8 Å². The fourth-order valence-electron chi connectivity index (χ4n) is 5.26. The SMILES string of the molecule is COc1ccc2c(=O)c(C(=O)NCCCCN3CCN(C(c4ccccc4)c4ccccc4)CC3)c[nH]c2n1. The molecule has 0 atom stereocenters. The lowest BCUT2D eigenvalue weighted by molar-refractivity contribution is 0.0948. The van der Waals surface area contributed by atoms with Crippen LogP contribution >= 0.6 is 0 Å². The van der Waals surface area contributed by atoms with Crippen LogP contribution in [0, 0.1) is 0 Å². The molecule has 1 saturated heterocycles. The maximum Gasteiger partial charge on any atom is 0.256 e. The number of piperazine rings is 1. The molecule has 2 aromatic heterocycles. The Bertz CT molecular complexity index is 1390. The molecule has 3 heterocycles. The van der Waals surface area contributed by atoms with Crippen LogP contribution in [0.1, 0.15) is 40.4 Å². The Labute approximate surface area is 228 Å². The molecule has 0 aliphatic carbocycles. The minimum atomic E-state index is -0.365. The fourth-order valence-corrected chi connectivity index (χ4v) is 5.26. The largest absolute Gasteiger partial charge is 0.481 e. The molecule has 0 unspecified atom stereocenters. The van der Waals surface area contributed by atoms with Crippen molar-refractivity contribution in [3.63, 3.8) is 0 Å². The highest BCUT2D eigenvalue weighted by atomic mass is 16.5. The van der Waals surface area contributed by atoms with Gasteiger partial charge in [0, 0.05) is 45.0 Å². The van der Waals surface area contributed by atoms with Gasteiger partial charge in [0.15, 0.2) is 0 Å². The topological polar surface area (TPSA) is 90.6 Å². The molecule has 0 saturated carbocycles. The third kappa shape index (κ3) is 6.35. The number of hydrogen-bond acceptors (Lipinski definition) is 6. The zero-order valence-corrected chi connectivity index (χ0v) is 22.3. The number of benzene rings is 2. The summed E-state index contributed by atoms with van der Waals surface area (Å²) < 4.78 is 5.09. The van der Waals surface area contributed by atoms with Crippen molar-refractivity contribution < 1.29 is 9.53 Å². The van der Waals surface area contributed by atoms with E-state index in [1.807, 2.05) is 0 Å². The number of carbonyl (C=O) groups is 1. The third-order valence-electron chi connectivity index (χ3n) is 7.36. The van der Waals surface area contributed by atoms with E-state index in [9.17, 15) is 9.59 Å². The molecule has 8 nitrogen and oxygen atoms in total. The molecule has 39 heavy (non-hydrogen) atoms. The number of unbranched alkanes of at least 4 members (excludes halogenated alkanes) is 1. The minimum Gasteiger partial charge on any atom is -0.481 e. The van der Waals surface area contributed by atoms with Crippen molar-refractivity contribution in [3.05, 3.63) is 106 Å². The first-order valence-electron chi connectivity index (χ1n) is 13.5. The summed E-state index contributed by atoms with van der Waals surface area (Å²) in [5.74, 6) is 0.0411. The van der Waals surface area contributed by atoms with Crippen molar-refractivity contribution in [2.24, 2.45) is 0 Å². The molecule has 5 rings (SSSR count). The van der Waals surface area contributed by atoms with Crippen LogP contribution in [-0.4, -0.2) is 72.1 Å². The highest BCUT2D eigenvalue weighted by Gasteiger charge is 2.26. The lowest BCUT2D eigenvalue weighted by Crippen LogP contribution is -2.48. The van der Waals surface area contributed by atoms with Crippen LogP contribution in [0.25, 0.3) is 11.0 Å². The maximum atomic E-state index is 12.7. The molecule has 0 bridgehead atoms. The second-order valence-corrected chi connectivity index (χ2v) is 9.85. The Morgan fingerprint density at radius 1 is 0.949 bits per heavy atom. The Morgan fingerprint density at radius 3 is 2.26 bits per heavy atom. The van der Waals surface area contributed by atoms with Gasteiger partial charge in [-0.15, -0.1) is 0 Å². The van der Waals surface area contributed by atoms with Crippen molar-refractivity contribution in [2.75, 3.05) is 46.4 Å². The summed E-state index contributed by atoms with van der Waals surface area (Å²) in [6.07, 6.45) is 3.26. The van der Waals surface area contributed by atoms with E-state index in [1.165, 1.54) is 24.4 Å². The second-order valence-electron chi connectivity index (χ2n) is 9.85. The van der Waals surface area contributed by atoms with Crippen LogP contribution < -0.4 is 15.5 Å². The van der Waals surface area contributed by atoms with Crippen molar-refractivity contribution >= 4 is 16.9 Å². The average molecular weight is 526 g/mol. The lowest BCUT2D eigenvalue weighted by atomic mass is 9.96. The number of pyridine rings is 2. The number of carbonyl (C=O) groups excluding carboxylic acids is 1. The van der Waals surface area contributed by atoms with Crippen LogP contribution in [-0.2, 0) is 0 Å². The van der Waals surface area contributed by atoms with Gasteiger partial charge in [-0.05, 0) is 36.6 Å². The normalized spacial score (nSPS) is 14.5. The van der Waals surface area contributed by atoms with Crippen molar-refractivity contribution in [2.45, 2.75) is 18.9 Å². The number of aromatic amines is 1. The van der Waals surface area contributed by atoms with Crippen molar-refractivity contribution in [3.8, 4) is 5.88 Å². The Balaban J connectivity index is 1.08. The molecule has 1 amide bonds. The predicted octanol–water partition coefficient (Wildman–Crippen LogP) is 3.85. The smallest absolute Gasteiger partial charge is 0.256 e. The molecule has 0 radical (unpaired) electrons. The monoisotopic (exact) mass is 525 g/mol. The molecule has 2 aromatic carbocycles. The number of rotatable bonds is 10. The zero-order chi connectivity index (χ0) is 27.0. The van der Waals surface area contributed by atoms with E-state index in [0.717, 1.165) is 45.6 Å². The number of H-pyrrole nitrogens is 1. The molecule has 1 aliphatic rings. The van der Waals surface area contributed by atoms with Crippen LogP contribution in [0.3, 0.4) is 0 Å². The van der Waals surface area contributed by atoms with Crippen LogP contribution in [0.2, 0.25) is 0 Å². The molecule has 202 valence electrons. The van der Waals surface area contributed by atoms with Gasteiger partial charge < -0.3 is 19.9 Å². The lowest BCUT2D eigenvalue weighted by Gasteiger charge is -2.39. The van der Waals surface area contributed by atoms with Gasteiger partial charge in [-0.2, -0.15) is 4.98 Å². The summed E-state index contributed by atoms with van der Waals surface area (Å²) in [5, 5.41) is 3.26. The second kappa shape index (κ2) is 12.7. The van der Waals surface area contributed by atoms with Crippen molar-refractivity contribution in [1.29, 1.82) is 0 Å². The summed E-state index contributed by atoms with van der Waals surface area (Å²) in [4.78, 5) is 37.6. The minimum absolute atomic E-state index is 0.0944. The number of fused-ring (bicyclic) bond motifs is 1. The summed E-state index contributed by atoms with van der Waals surface area (Å²) in [6.45, 7) is 5.59. The van der Waals surface area contributed by atoms with Crippen LogP contribution in [0.5, 0.6) is 5.88 Å². The Kier molecular flexibility index (Phi) is 8.65. The number of nitrogens with one attached hydrogen (secondary N) is 2. The molecule has 8 heteroatoms. The number of hydrogen-bond donors (Lipinski definition) is 2. The Hall–Kier alpha value is -4.01. The first kappa shape index (κ1) is 26.6. The summed E-state index contributed by atoms with van der Waals surface area (Å²) >= 11 is 0. The molecule has 1 fully saturated rings. The molecular formula is C31H35N5O3. The number of methoxy groups -OCH3 is 1. The first-order valence-corrected chi connectivity index (χ1v) is 13.5. The van der Waals surface area contributed by atoms with E-state index in [2.05, 4.69) is 85.7 Å². The van der Waals surface area contributed by atoms with E-state index in [0.29, 0.717) is 23.5 Å². The first-order chi connectivity index (χ1) is 19.1. The Morgan fingerprint density at radius 2 is 1.62 bits per heavy atom. The van der Waals surface area contributed by atoms with Gasteiger partial charge in [-0.25, -0.2) is 0 Å². The molecular weight excluding hydrogens is 490 g/mol. The van der Waals surface area contributed by atoms with E-state index >= 15 is 0 Å². The summed E-state index contributed by atoms with van der Waals surface area (Å²) in [5.41, 5.74) is 2.81. The van der Waals surface area contributed by atoms with Crippen LogP contribution in [0.4, 0.5) is 0 Å². The van der Waals surface area contributed by atoms with Gasteiger partial charge in [-0.3, -0.25) is 14.5 Å². The number of ether oxygens (including phenoxy) is 1. The average Bonchev–Trinajstić information content (AvgIpc) is 2.99. The van der Waals surface area contributed by atoms with Gasteiger partial charge in [0.25, 0.3) is 5.91 Å². The highest BCUT2D eigenvalue weighted by molar-refractivity contribution is 5.96. The highest BCUT2D eigenvalue weighted by Crippen LogP contribution is 2.29. The van der Waals surface area contributed by atoms with E-state index < -0.39 is 0 Å². The standard InChI is InChI=1S/C31H35N5O3/c1-39-27-15-14-25-29(37)26(22-33-30(25)34-27)31(38)32-16-8-9-17-35-18-20-36(21-19-35)28(23-10-4-2-5-11-23)24-12-6-3-7-13-24/h2-7,10-15,22,28H,8-9,16-21H2,1H3,(H,32,38)(H,33,34,37). The fraction of sp³-hybridized carbons (Fsp3) is 0.323. The van der Waals surface area contributed by atoms with E-state index in [4.69, 9.17) is 4.74 Å². The molecule has 4 aromatic rings. The number of amides is 1. The van der Waals surface area contributed by atoms with Gasteiger partial charge in [0.1, 0.15) is 11.2 Å². The van der Waals surface area contributed by atoms with Crippen molar-refractivity contribution in [1.82, 2.24) is 25.1 Å². The predicted molar refractivity (Wildman–Crippen MR) is 153 cm³/mol. The molecule has 0 spiro atoms.